The molecule has 0 atom stereocenters. The van der Waals surface area contributed by atoms with Gasteiger partial charge in [-0.1, -0.05) is 72.1 Å². The van der Waals surface area contributed by atoms with Crippen LogP contribution in [0.15, 0.2) is 0 Å². The summed E-state index contributed by atoms with van der Waals surface area (Å²) in [4.78, 5) is 0. The summed E-state index contributed by atoms with van der Waals surface area (Å²) < 4.78 is 0. The molecule has 0 rings (SSSR count). The molecule has 0 saturated heterocycles. The van der Waals surface area contributed by atoms with Crippen molar-refractivity contribution in [1.82, 2.24) is 0 Å². The molecule has 0 aliphatic heterocycles. The van der Waals surface area contributed by atoms with Gasteiger partial charge in [0.25, 0.3) is 0 Å². The molecule has 0 aliphatic rings. The molecule has 1 nitrogen and oxygen atoms in total. The molecule has 0 aromatic carbocycles. The molecule has 2 N–H and O–H groups in total. The largest absolute Gasteiger partial charge is 0.325 e. The standard InChI is InChI=1S/C16H35N/c1-6-7-8-9-10-11-12-13-14-15(2,3)16(4,5)17/h6-14,17H2,1-5H3. The summed E-state index contributed by atoms with van der Waals surface area (Å²) in [6.07, 6.45) is 12.4. The van der Waals surface area contributed by atoms with E-state index in [1.165, 1.54) is 57.8 Å². The molecule has 0 bridgehead atoms. The molecule has 0 amide bonds. The number of hydrogen-bond donors (Lipinski definition) is 1. The Hall–Kier alpha value is -0.0400. The fourth-order valence-corrected chi connectivity index (χ4v) is 2.02. The van der Waals surface area contributed by atoms with Crippen molar-refractivity contribution in [2.75, 3.05) is 0 Å². The summed E-state index contributed by atoms with van der Waals surface area (Å²) in [6, 6.07) is 0. The van der Waals surface area contributed by atoms with Gasteiger partial charge in [0.2, 0.25) is 0 Å². The Kier molecular flexibility index (Phi) is 8.11. The number of rotatable bonds is 10. The van der Waals surface area contributed by atoms with Crippen molar-refractivity contribution in [2.24, 2.45) is 11.1 Å². The third-order valence-corrected chi connectivity index (χ3v) is 4.40. The summed E-state index contributed by atoms with van der Waals surface area (Å²) in [7, 11) is 0. The highest BCUT2D eigenvalue weighted by molar-refractivity contribution is 4.89. The average molecular weight is 241 g/mol. The SMILES string of the molecule is CCCCCCCCCCC(C)(C)C(C)(C)N. The Morgan fingerprint density at radius 2 is 1.12 bits per heavy atom. The minimum absolute atomic E-state index is 0.0614. The highest BCUT2D eigenvalue weighted by Crippen LogP contribution is 2.33. The molecule has 17 heavy (non-hydrogen) atoms. The van der Waals surface area contributed by atoms with Crippen molar-refractivity contribution in [3.8, 4) is 0 Å². The lowest BCUT2D eigenvalue weighted by Crippen LogP contribution is -2.47. The zero-order valence-corrected chi connectivity index (χ0v) is 12.9. The average Bonchev–Trinajstić information content (AvgIpc) is 2.20. The van der Waals surface area contributed by atoms with Crippen LogP contribution in [0.3, 0.4) is 0 Å². The monoisotopic (exact) mass is 241 g/mol. The molecule has 0 fully saturated rings. The normalized spacial score (nSPS) is 13.1. The number of nitrogens with two attached hydrogens (primary N) is 1. The second kappa shape index (κ2) is 8.13. The van der Waals surface area contributed by atoms with E-state index in [-0.39, 0.29) is 11.0 Å². The van der Waals surface area contributed by atoms with Gasteiger partial charge in [-0.2, -0.15) is 0 Å². The maximum Gasteiger partial charge on any atom is 0.0148 e. The highest BCUT2D eigenvalue weighted by Gasteiger charge is 2.32. The van der Waals surface area contributed by atoms with Gasteiger partial charge in [0.05, 0.1) is 0 Å². The zero-order valence-electron chi connectivity index (χ0n) is 12.9. The molecule has 1 heteroatoms. The molecular formula is C16H35N. The van der Waals surface area contributed by atoms with E-state index in [0.29, 0.717) is 0 Å². The van der Waals surface area contributed by atoms with Crippen LogP contribution in [0.1, 0.15) is 92.4 Å². The summed E-state index contributed by atoms with van der Waals surface area (Å²) >= 11 is 0. The van der Waals surface area contributed by atoms with Crippen LogP contribution < -0.4 is 5.73 Å². The van der Waals surface area contributed by atoms with Crippen LogP contribution in [0.4, 0.5) is 0 Å². The van der Waals surface area contributed by atoms with Crippen LogP contribution in [0.2, 0.25) is 0 Å². The Morgan fingerprint density at radius 1 is 0.706 bits per heavy atom. The van der Waals surface area contributed by atoms with Gasteiger partial charge in [0.15, 0.2) is 0 Å². The van der Waals surface area contributed by atoms with Crippen LogP contribution in [0.5, 0.6) is 0 Å². The first-order valence-electron chi connectivity index (χ1n) is 7.60. The summed E-state index contributed by atoms with van der Waals surface area (Å²) in [5.41, 5.74) is 6.41. The van der Waals surface area contributed by atoms with E-state index in [0.717, 1.165) is 0 Å². The molecule has 0 radical (unpaired) electrons. The van der Waals surface area contributed by atoms with E-state index in [9.17, 15) is 0 Å². The van der Waals surface area contributed by atoms with E-state index in [4.69, 9.17) is 5.73 Å². The van der Waals surface area contributed by atoms with Gasteiger partial charge in [-0.3, -0.25) is 0 Å². The third-order valence-electron chi connectivity index (χ3n) is 4.40. The van der Waals surface area contributed by atoms with Gasteiger partial charge < -0.3 is 5.73 Å². The second-order valence-corrected chi connectivity index (χ2v) is 6.83. The molecule has 0 unspecified atom stereocenters. The molecule has 0 aromatic heterocycles. The van der Waals surface area contributed by atoms with Crippen LogP contribution in [-0.4, -0.2) is 5.54 Å². The highest BCUT2D eigenvalue weighted by atomic mass is 14.7. The molecule has 0 heterocycles. The number of hydrogen-bond acceptors (Lipinski definition) is 1. The molecule has 0 saturated carbocycles. The van der Waals surface area contributed by atoms with Crippen molar-refractivity contribution >= 4 is 0 Å². The van der Waals surface area contributed by atoms with Gasteiger partial charge in [-0.05, 0) is 25.7 Å². The minimum Gasteiger partial charge on any atom is -0.325 e. The van der Waals surface area contributed by atoms with Crippen molar-refractivity contribution in [3.63, 3.8) is 0 Å². The molecule has 0 aromatic rings. The smallest absolute Gasteiger partial charge is 0.0148 e. The predicted octanol–water partition coefficient (Wildman–Crippen LogP) is 5.28. The summed E-state index contributed by atoms with van der Waals surface area (Å²) in [6.45, 7) is 11.2. The lowest BCUT2D eigenvalue weighted by molar-refractivity contribution is 0.180. The maximum absolute atomic E-state index is 6.21. The van der Waals surface area contributed by atoms with Crippen molar-refractivity contribution in [2.45, 2.75) is 97.9 Å². The first-order chi connectivity index (χ1) is 7.81. The fraction of sp³-hybridized carbons (Fsp3) is 1.00. The van der Waals surface area contributed by atoms with Gasteiger partial charge in [-0.15, -0.1) is 0 Å². The zero-order chi connectivity index (χ0) is 13.4. The van der Waals surface area contributed by atoms with E-state index < -0.39 is 0 Å². The first-order valence-corrected chi connectivity index (χ1v) is 7.60. The lowest BCUT2D eigenvalue weighted by atomic mass is 9.72. The Morgan fingerprint density at radius 3 is 1.53 bits per heavy atom. The van der Waals surface area contributed by atoms with Gasteiger partial charge in [-0.25, -0.2) is 0 Å². The van der Waals surface area contributed by atoms with Crippen LogP contribution in [0.25, 0.3) is 0 Å². The van der Waals surface area contributed by atoms with E-state index in [2.05, 4.69) is 34.6 Å². The van der Waals surface area contributed by atoms with Crippen LogP contribution in [0, 0.1) is 5.41 Å². The first kappa shape index (κ1) is 17.0. The third kappa shape index (κ3) is 7.81. The maximum atomic E-state index is 6.21. The van der Waals surface area contributed by atoms with E-state index in [1.807, 2.05) is 0 Å². The molecular weight excluding hydrogens is 206 g/mol. The van der Waals surface area contributed by atoms with Crippen LogP contribution in [-0.2, 0) is 0 Å². The molecule has 104 valence electrons. The van der Waals surface area contributed by atoms with Crippen molar-refractivity contribution in [3.05, 3.63) is 0 Å². The Bertz CT molecular complexity index is 176. The predicted molar refractivity (Wildman–Crippen MR) is 79.3 cm³/mol. The van der Waals surface area contributed by atoms with Gasteiger partial charge in [0, 0.05) is 5.54 Å². The van der Waals surface area contributed by atoms with Crippen LogP contribution >= 0.6 is 0 Å². The summed E-state index contributed by atoms with van der Waals surface area (Å²) in [5.74, 6) is 0. The number of unbranched alkanes of at least 4 members (excludes halogenated alkanes) is 7. The minimum atomic E-state index is -0.0614. The topological polar surface area (TPSA) is 26.0 Å². The fourth-order valence-electron chi connectivity index (χ4n) is 2.02. The second-order valence-electron chi connectivity index (χ2n) is 6.83. The van der Waals surface area contributed by atoms with Gasteiger partial charge >= 0.3 is 0 Å². The van der Waals surface area contributed by atoms with Crippen molar-refractivity contribution < 1.29 is 0 Å². The van der Waals surface area contributed by atoms with Gasteiger partial charge in [0.1, 0.15) is 0 Å². The van der Waals surface area contributed by atoms with E-state index >= 15 is 0 Å². The summed E-state index contributed by atoms with van der Waals surface area (Å²) in [5, 5.41) is 0. The Balaban J connectivity index is 3.46. The molecule has 0 spiro atoms. The Labute approximate surface area is 110 Å². The van der Waals surface area contributed by atoms with E-state index in [1.54, 1.807) is 0 Å². The quantitative estimate of drug-likeness (QED) is 0.517. The lowest BCUT2D eigenvalue weighted by Gasteiger charge is -2.38. The molecule has 0 aliphatic carbocycles. The van der Waals surface area contributed by atoms with Crippen molar-refractivity contribution in [1.29, 1.82) is 0 Å².